The zero-order chi connectivity index (χ0) is 12.4. The third-order valence-corrected chi connectivity index (χ3v) is 2.67. The number of benzene rings is 1. The average molecular weight is 250 g/mol. The van der Waals surface area contributed by atoms with Crippen LogP contribution in [0.2, 0.25) is 5.02 Å². The van der Waals surface area contributed by atoms with Crippen LogP contribution in [-0.4, -0.2) is 15.1 Å². The second-order valence-corrected chi connectivity index (χ2v) is 4.03. The summed E-state index contributed by atoms with van der Waals surface area (Å²) in [5, 5.41) is 9.62. The summed E-state index contributed by atoms with van der Waals surface area (Å²) in [4.78, 5) is 8.51. The number of hydrogen-bond donors (Lipinski definition) is 2. The molecular formula is C12H12ClN3O. The van der Waals surface area contributed by atoms with Gasteiger partial charge in [-0.05, 0) is 24.6 Å². The zero-order valence-corrected chi connectivity index (χ0v) is 10.1. The van der Waals surface area contributed by atoms with Gasteiger partial charge in [-0.3, -0.25) is 0 Å². The quantitative estimate of drug-likeness (QED) is 0.858. The number of rotatable bonds is 2. The number of hydrogen-bond acceptors (Lipinski definition) is 4. The van der Waals surface area contributed by atoms with E-state index in [4.69, 9.17) is 17.3 Å². The molecule has 0 aliphatic carbocycles. The van der Waals surface area contributed by atoms with Crippen LogP contribution in [0.3, 0.4) is 0 Å². The molecule has 0 saturated carbocycles. The van der Waals surface area contributed by atoms with Gasteiger partial charge in [0.2, 0.25) is 0 Å². The number of aryl methyl sites for hydroxylation is 1. The Labute approximate surface area is 104 Å². The lowest BCUT2D eigenvalue weighted by atomic mass is 10.2. The molecule has 1 aromatic heterocycles. The van der Waals surface area contributed by atoms with Crippen LogP contribution in [0.15, 0.2) is 24.3 Å². The molecule has 0 spiro atoms. The summed E-state index contributed by atoms with van der Waals surface area (Å²) in [6.07, 6.45) is 0.783. The normalized spacial score (nSPS) is 10.5. The number of phenolic OH excluding ortho intramolecular Hbond substituents is 1. The Balaban J connectivity index is 2.52. The molecule has 17 heavy (non-hydrogen) atoms. The number of halogens is 1. The first-order chi connectivity index (χ1) is 8.10. The number of aromatic hydroxyl groups is 1. The minimum Gasteiger partial charge on any atom is -0.506 e. The first-order valence-electron chi connectivity index (χ1n) is 5.22. The van der Waals surface area contributed by atoms with E-state index >= 15 is 0 Å². The summed E-state index contributed by atoms with van der Waals surface area (Å²) in [7, 11) is 0. The van der Waals surface area contributed by atoms with Crippen LogP contribution in [0.25, 0.3) is 11.4 Å². The first-order valence-corrected chi connectivity index (χ1v) is 5.60. The minimum absolute atomic E-state index is 0.0371. The molecule has 0 radical (unpaired) electrons. The van der Waals surface area contributed by atoms with E-state index in [0.29, 0.717) is 11.6 Å². The lowest BCUT2D eigenvalue weighted by Crippen LogP contribution is -1.99. The van der Waals surface area contributed by atoms with Crippen LogP contribution < -0.4 is 5.73 Å². The Kier molecular flexibility index (Phi) is 3.15. The molecule has 0 fully saturated rings. The highest BCUT2D eigenvalue weighted by molar-refractivity contribution is 6.32. The van der Waals surface area contributed by atoms with E-state index in [0.717, 1.165) is 17.7 Å². The van der Waals surface area contributed by atoms with Crippen molar-refractivity contribution in [3.8, 4) is 17.1 Å². The van der Waals surface area contributed by atoms with E-state index in [1.54, 1.807) is 18.2 Å². The van der Waals surface area contributed by atoms with Crippen molar-refractivity contribution in [2.45, 2.75) is 13.3 Å². The van der Waals surface area contributed by atoms with Crippen molar-refractivity contribution in [2.75, 3.05) is 5.73 Å². The molecule has 1 heterocycles. The summed E-state index contributed by atoms with van der Waals surface area (Å²) >= 11 is 5.84. The summed E-state index contributed by atoms with van der Waals surface area (Å²) in [5.74, 6) is 0.981. The van der Waals surface area contributed by atoms with Gasteiger partial charge in [0.15, 0.2) is 5.82 Å². The molecule has 88 valence electrons. The van der Waals surface area contributed by atoms with Gasteiger partial charge in [-0.1, -0.05) is 18.5 Å². The molecule has 0 aliphatic rings. The van der Waals surface area contributed by atoms with E-state index in [-0.39, 0.29) is 10.8 Å². The van der Waals surface area contributed by atoms with E-state index in [2.05, 4.69) is 9.97 Å². The summed E-state index contributed by atoms with van der Waals surface area (Å²) in [5.41, 5.74) is 7.31. The molecule has 1 aromatic carbocycles. The van der Waals surface area contributed by atoms with Gasteiger partial charge in [0.05, 0.1) is 5.02 Å². The predicted octanol–water partition coefficient (Wildman–Crippen LogP) is 2.65. The molecular weight excluding hydrogens is 238 g/mol. The van der Waals surface area contributed by atoms with Crippen LogP contribution >= 0.6 is 11.6 Å². The van der Waals surface area contributed by atoms with Crippen molar-refractivity contribution in [1.82, 2.24) is 9.97 Å². The lowest BCUT2D eigenvalue weighted by molar-refractivity contribution is 0.475. The molecule has 2 aromatic rings. The third-order valence-electron chi connectivity index (χ3n) is 2.37. The molecule has 2 rings (SSSR count). The minimum atomic E-state index is 0.0371. The fraction of sp³-hybridized carbons (Fsp3) is 0.167. The molecule has 0 saturated heterocycles. The molecule has 0 atom stereocenters. The van der Waals surface area contributed by atoms with Crippen molar-refractivity contribution in [3.05, 3.63) is 35.0 Å². The standard InChI is InChI=1S/C12H12ClN3O/c1-2-8-6-11(14)16-12(15-8)7-3-4-10(17)9(13)5-7/h3-6,17H,2H2,1H3,(H2,14,15,16). The number of aromatic nitrogens is 2. The molecule has 0 bridgehead atoms. The van der Waals surface area contributed by atoms with Gasteiger partial charge in [-0.25, -0.2) is 9.97 Å². The molecule has 3 N–H and O–H groups in total. The number of phenols is 1. The second kappa shape index (κ2) is 4.59. The topological polar surface area (TPSA) is 72.0 Å². The number of nitrogens with zero attached hydrogens (tertiary/aromatic N) is 2. The summed E-state index contributed by atoms with van der Waals surface area (Å²) in [6, 6.07) is 6.57. The van der Waals surface area contributed by atoms with E-state index < -0.39 is 0 Å². The molecule has 5 heteroatoms. The number of nitrogens with two attached hydrogens (primary N) is 1. The van der Waals surface area contributed by atoms with Crippen molar-refractivity contribution in [1.29, 1.82) is 0 Å². The molecule has 4 nitrogen and oxygen atoms in total. The highest BCUT2D eigenvalue weighted by Crippen LogP contribution is 2.28. The van der Waals surface area contributed by atoms with Crippen LogP contribution in [-0.2, 0) is 6.42 Å². The maximum atomic E-state index is 9.35. The SMILES string of the molecule is CCc1cc(N)nc(-c2ccc(O)c(Cl)c2)n1. The van der Waals surface area contributed by atoms with E-state index in [9.17, 15) is 5.11 Å². The van der Waals surface area contributed by atoms with Crippen molar-refractivity contribution >= 4 is 17.4 Å². The fourth-order valence-corrected chi connectivity index (χ4v) is 1.66. The van der Waals surface area contributed by atoms with Crippen LogP contribution in [0, 0.1) is 0 Å². The highest BCUT2D eigenvalue weighted by Gasteiger charge is 2.07. The van der Waals surface area contributed by atoms with E-state index in [1.165, 1.54) is 6.07 Å². The number of nitrogen functional groups attached to an aromatic ring is 1. The first kappa shape index (κ1) is 11.7. The Morgan fingerprint density at radius 3 is 2.71 bits per heavy atom. The van der Waals surface area contributed by atoms with Crippen LogP contribution in [0.4, 0.5) is 5.82 Å². The van der Waals surface area contributed by atoms with Crippen LogP contribution in [0.1, 0.15) is 12.6 Å². The summed E-state index contributed by atoms with van der Waals surface area (Å²) < 4.78 is 0. The molecule has 0 amide bonds. The summed E-state index contributed by atoms with van der Waals surface area (Å²) in [6.45, 7) is 2.00. The van der Waals surface area contributed by atoms with Crippen molar-refractivity contribution < 1.29 is 5.11 Å². The molecule has 0 aliphatic heterocycles. The third kappa shape index (κ3) is 2.47. The van der Waals surface area contributed by atoms with Gasteiger partial charge in [0.1, 0.15) is 11.6 Å². The Hall–Kier alpha value is -1.81. The van der Waals surface area contributed by atoms with Crippen molar-refractivity contribution in [2.24, 2.45) is 0 Å². The Morgan fingerprint density at radius 1 is 1.29 bits per heavy atom. The Bertz CT molecular complexity index is 557. The van der Waals surface area contributed by atoms with Crippen molar-refractivity contribution in [3.63, 3.8) is 0 Å². The predicted molar refractivity (Wildman–Crippen MR) is 67.9 cm³/mol. The number of anilines is 1. The second-order valence-electron chi connectivity index (χ2n) is 3.63. The van der Waals surface area contributed by atoms with Gasteiger partial charge in [0, 0.05) is 17.3 Å². The van der Waals surface area contributed by atoms with Gasteiger partial charge in [0.25, 0.3) is 0 Å². The van der Waals surface area contributed by atoms with Gasteiger partial charge < -0.3 is 10.8 Å². The largest absolute Gasteiger partial charge is 0.506 e. The average Bonchev–Trinajstić information content (AvgIpc) is 2.32. The Morgan fingerprint density at radius 2 is 2.06 bits per heavy atom. The fourth-order valence-electron chi connectivity index (χ4n) is 1.47. The molecule has 0 unspecified atom stereocenters. The van der Waals surface area contributed by atoms with Crippen LogP contribution in [0.5, 0.6) is 5.75 Å². The lowest BCUT2D eigenvalue weighted by Gasteiger charge is -2.05. The van der Waals surface area contributed by atoms with Gasteiger partial charge in [-0.15, -0.1) is 0 Å². The smallest absolute Gasteiger partial charge is 0.161 e. The maximum Gasteiger partial charge on any atom is 0.161 e. The zero-order valence-electron chi connectivity index (χ0n) is 9.31. The van der Waals surface area contributed by atoms with Gasteiger partial charge in [-0.2, -0.15) is 0 Å². The van der Waals surface area contributed by atoms with E-state index in [1.807, 2.05) is 6.92 Å². The monoisotopic (exact) mass is 249 g/mol. The maximum absolute atomic E-state index is 9.35. The van der Waals surface area contributed by atoms with Gasteiger partial charge >= 0.3 is 0 Å². The highest BCUT2D eigenvalue weighted by atomic mass is 35.5.